The molecule has 2 N–H and O–H groups in total. The largest absolute Gasteiger partial charge is 0.460 e. The number of carbonyl (C=O) groups is 2. The first-order valence-electron chi connectivity index (χ1n) is 6.15. The molecule has 2 aliphatic rings. The van der Waals surface area contributed by atoms with Crippen LogP contribution < -0.4 is 5.73 Å². The second-order valence-electron chi connectivity index (χ2n) is 6.08. The third-order valence-electron chi connectivity index (χ3n) is 3.23. The van der Waals surface area contributed by atoms with Crippen molar-refractivity contribution in [3.8, 4) is 0 Å². The minimum absolute atomic E-state index is 0.210. The number of amides is 1. The van der Waals surface area contributed by atoms with Gasteiger partial charge < -0.3 is 20.1 Å². The average molecular weight is 256 g/mol. The Labute approximate surface area is 106 Å². The average Bonchev–Trinajstić information content (AvgIpc) is 2.50. The van der Waals surface area contributed by atoms with Crippen molar-refractivity contribution < 1.29 is 19.1 Å². The molecule has 2 fully saturated rings. The molecule has 6 heteroatoms. The first kappa shape index (κ1) is 13.1. The third kappa shape index (κ3) is 2.29. The van der Waals surface area contributed by atoms with Crippen molar-refractivity contribution in [2.75, 3.05) is 19.6 Å². The van der Waals surface area contributed by atoms with E-state index in [1.165, 1.54) is 4.90 Å². The van der Waals surface area contributed by atoms with E-state index in [1.54, 1.807) is 0 Å². The SMILES string of the molecule is CC(C)(C)OC(=O)N1CC2(CC(CN)OC2=O)C1. The summed E-state index contributed by atoms with van der Waals surface area (Å²) in [6.07, 6.45) is 0.0113. The molecule has 0 radical (unpaired) electrons. The summed E-state index contributed by atoms with van der Waals surface area (Å²) >= 11 is 0. The van der Waals surface area contributed by atoms with Gasteiger partial charge in [0.25, 0.3) is 0 Å². The van der Waals surface area contributed by atoms with Gasteiger partial charge in [-0.3, -0.25) is 4.79 Å². The third-order valence-corrected chi connectivity index (χ3v) is 3.23. The molecule has 102 valence electrons. The van der Waals surface area contributed by atoms with Crippen molar-refractivity contribution in [3.05, 3.63) is 0 Å². The monoisotopic (exact) mass is 256 g/mol. The van der Waals surface area contributed by atoms with Gasteiger partial charge in [0, 0.05) is 26.1 Å². The van der Waals surface area contributed by atoms with Crippen LogP contribution in [-0.4, -0.2) is 48.3 Å². The maximum absolute atomic E-state index is 11.8. The van der Waals surface area contributed by atoms with Crippen molar-refractivity contribution >= 4 is 12.1 Å². The Kier molecular flexibility index (Phi) is 3.01. The van der Waals surface area contributed by atoms with E-state index in [9.17, 15) is 9.59 Å². The van der Waals surface area contributed by atoms with Crippen molar-refractivity contribution in [1.82, 2.24) is 4.90 Å². The molecular weight excluding hydrogens is 236 g/mol. The lowest BCUT2D eigenvalue weighted by molar-refractivity contribution is -0.155. The molecule has 1 amide bonds. The van der Waals surface area contributed by atoms with Crippen LogP contribution >= 0.6 is 0 Å². The molecule has 0 aromatic heterocycles. The van der Waals surface area contributed by atoms with E-state index in [2.05, 4.69) is 0 Å². The van der Waals surface area contributed by atoms with E-state index in [0.717, 1.165) is 0 Å². The number of ether oxygens (including phenoxy) is 2. The molecular formula is C12H20N2O4. The van der Waals surface area contributed by atoms with Crippen LogP contribution in [0.15, 0.2) is 0 Å². The molecule has 2 rings (SSSR count). The highest BCUT2D eigenvalue weighted by Gasteiger charge is 2.58. The lowest BCUT2D eigenvalue weighted by atomic mass is 9.77. The molecule has 0 aromatic carbocycles. The van der Waals surface area contributed by atoms with E-state index >= 15 is 0 Å². The van der Waals surface area contributed by atoms with Crippen LogP contribution in [-0.2, 0) is 14.3 Å². The number of likely N-dealkylation sites (tertiary alicyclic amines) is 1. The van der Waals surface area contributed by atoms with Gasteiger partial charge in [-0.05, 0) is 20.8 Å². The Hall–Kier alpha value is -1.30. The van der Waals surface area contributed by atoms with E-state index < -0.39 is 11.0 Å². The number of cyclic esters (lactones) is 1. The number of carbonyl (C=O) groups excluding carboxylic acids is 2. The van der Waals surface area contributed by atoms with Crippen LogP contribution in [0.3, 0.4) is 0 Å². The lowest BCUT2D eigenvalue weighted by Gasteiger charge is -2.44. The van der Waals surface area contributed by atoms with Crippen molar-refractivity contribution in [2.45, 2.75) is 38.9 Å². The number of esters is 1. The predicted octanol–water partition coefficient (Wildman–Crippen LogP) is 0.498. The summed E-state index contributed by atoms with van der Waals surface area (Å²) in [5.74, 6) is -0.238. The molecule has 2 saturated heterocycles. The zero-order valence-corrected chi connectivity index (χ0v) is 11.1. The maximum atomic E-state index is 11.8. The first-order valence-corrected chi connectivity index (χ1v) is 6.15. The van der Waals surface area contributed by atoms with E-state index in [0.29, 0.717) is 26.1 Å². The number of nitrogens with two attached hydrogens (primary N) is 1. The van der Waals surface area contributed by atoms with Crippen LogP contribution in [0.2, 0.25) is 0 Å². The number of hydrogen-bond donors (Lipinski definition) is 1. The Bertz CT molecular complexity index is 369. The fourth-order valence-corrected chi connectivity index (χ4v) is 2.37. The molecule has 0 bridgehead atoms. The normalized spacial score (nSPS) is 25.9. The van der Waals surface area contributed by atoms with Gasteiger partial charge in [0.2, 0.25) is 0 Å². The summed E-state index contributed by atoms with van der Waals surface area (Å²) in [5.41, 5.74) is 4.43. The van der Waals surface area contributed by atoms with Gasteiger partial charge in [0.05, 0.1) is 0 Å². The van der Waals surface area contributed by atoms with Crippen LogP contribution in [0, 0.1) is 5.41 Å². The van der Waals surface area contributed by atoms with Crippen LogP contribution in [0.1, 0.15) is 27.2 Å². The fraction of sp³-hybridized carbons (Fsp3) is 0.833. The number of rotatable bonds is 1. The highest BCUT2D eigenvalue weighted by Crippen LogP contribution is 2.42. The fourth-order valence-electron chi connectivity index (χ4n) is 2.37. The van der Waals surface area contributed by atoms with E-state index in [-0.39, 0.29) is 18.2 Å². The standard InChI is InChI=1S/C12H20N2O4/c1-11(2,3)18-10(16)14-6-12(7-14)4-8(5-13)17-9(12)15/h8H,4-7,13H2,1-3H3. The summed E-state index contributed by atoms with van der Waals surface area (Å²) in [6.45, 7) is 6.52. The highest BCUT2D eigenvalue weighted by atomic mass is 16.6. The second-order valence-corrected chi connectivity index (χ2v) is 6.08. The van der Waals surface area contributed by atoms with E-state index in [4.69, 9.17) is 15.2 Å². The van der Waals surface area contributed by atoms with E-state index in [1.807, 2.05) is 20.8 Å². The van der Waals surface area contributed by atoms with Crippen LogP contribution in [0.4, 0.5) is 4.79 Å². The summed E-state index contributed by atoms with van der Waals surface area (Å²) in [5, 5.41) is 0. The molecule has 18 heavy (non-hydrogen) atoms. The molecule has 6 nitrogen and oxygen atoms in total. The van der Waals surface area contributed by atoms with Gasteiger partial charge in [-0.2, -0.15) is 0 Å². The van der Waals surface area contributed by atoms with Crippen molar-refractivity contribution in [3.63, 3.8) is 0 Å². The zero-order chi connectivity index (χ0) is 13.6. The molecule has 1 unspecified atom stereocenters. The molecule has 2 heterocycles. The zero-order valence-electron chi connectivity index (χ0n) is 11.1. The van der Waals surface area contributed by atoms with Gasteiger partial charge >= 0.3 is 12.1 Å². The van der Waals surface area contributed by atoms with Gasteiger partial charge in [-0.25, -0.2) is 4.79 Å². The minimum atomic E-state index is -0.541. The molecule has 0 aliphatic carbocycles. The summed E-state index contributed by atoms with van der Waals surface area (Å²) in [7, 11) is 0. The Morgan fingerprint density at radius 1 is 1.56 bits per heavy atom. The minimum Gasteiger partial charge on any atom is -0.460 e. The van der Waals surface area contributed by atoms with Gasteiger partial charge in [-0.1, -0.05) is 0 Å². The number of nitrogens with zero attached hydrogens (tertiary/aromatic N) is 1. The summed E-state index contributed by atoms with van der Waals surface area (Å²) < 4.78 is 10.4. The van der Waals surface area contributed by atoms with Gasteiger partial charge in [-0.15, -0.1) is 0 Å². The molecule has 0 aromatic rings. The van der Waals surface area contributed by atoms with Gasteiger partial charge in [0.1, 0.15) is 17.1 Å². The Morgan fingerprint density at radius 3 is 2.61 bits per heavy atom. The molecule has 0 saturated carbocycles. The van der Waals surface area contributed by atoms with Crippen molar-refractivity contribution in [2.24, 2.45) is 11.1 Å². The van der Waals surface area contributed by atoms with Crippen LogP contribution in [0.5, 0.6) is 0 Å². The predicted molar refractivity (Wildman–Crippen MR) is 63.8 cm³/mol. The smallest absolute Gasteiger partial charge is 0.410 e. The second kappa shape index (κ2) is 4.12. The summed E-state index contributed by atoms with van der Waals surface area (Å²) in [6, 6.07) is 0. The Balaban J connectivity index is 1.90. The topological polar surface area (TPSA) is 81.9 Å². The summed E-state index contributed by atoms with van der Waals surface area (Å²) in [4.78, 5) is 25.0. The maximum Gasteiger partial charge on any atom is 0.410 e. The molecule has 1 spiro atoms. The quantitative estimate of drug-likeness (QED) is 0.691. The lowest BCUT2D eigenvalue weighted by Crippen LogP contribution is -2.61. The van der Waals surface area contributed by atoms with Crippen LogP contribution in [0.25, 0.3) is 0 Å². The molecule has 1 atom stereocenters. The molecule has 2 aliphatic heterocycles. The Morgan fingerprint density at radius 2 is 2.17 bits per heavy atom. The number of hydrogen-bond acceptors (Lipinski definition) is 5. The first-order chi connectivity index (χ1) is 8.26. The van der Waals surface area contributed by atoms with Crippen molar-refractivity contribution in [1.29, 1.82) is 0 Å². The van der Waals surface area contributed by atoms with Gasteiger partial charge in [0.15, 0.2) is 0 Å². The highest BCUT2D eigenvalue weighted by molar-refractivity contribution is 5.83.